The van der Waals surface area contributed by atoms with Crippen molar-refractivity contribution in [3.8, 4) is 0 Å². The summed E-state index contributed by atoms with van der Waals surface area (Å²) in [6, 6.07) is 0.643. The van der Waals surface area contributed by atoms with Crippen LogP contribution in [0.4, 0.5) is 0 Å². The van der Waals surface area contributed by atoms with Gasteiger partial charge in [0.15, 0.2) is 0 Å². The molecule has 1 aliphatic rings. The van der Waals surface area contributed by atoms with Crippen LogP contribution in [0.2, 0.25) is 0 Å². The Morgan fingerprint density at radius 1 is 1.64 bits per heavy atom. The number of rotatable bonds is 3. The highest BCUT2D eigenvalue weighted by molar-refractivity contribution is 4.67. The number of quaternary nitrogens is 1. The maximum Gasteiger partial charge on any atom is 0.0963 e. The second kappa shape index (κ2) is 4.07. The molecular formula is C9H19NO. The third kappa shape index (κ3) is 2.46. The lowest BCUT2D eigenvalue weighted by atomic mass is 10.1. The maximum absolute atomic E-state index is 5.38. The van der Waals surface area contributed by atoms with Gasteiger partial charge in [0, 0.05) is 18.9 Å². The number of ether oxygens (including phenoxy) is 1. The SMILES string of the molecule is [CH2-][NH+]1C[C@@H](C)C[C@H]1COCC. The molecule has 11 heavy (non-hydrogen) atoms. The molecule has 1 saturated heterocycles. The number of nitrogens with one attached hydrogen (secondary N) is 1. The van der Waals surface area contributed by atoms with E-state index in [2.05, 4.69) is 14.0 Å². The minimum atomic E-state index is 0.643. The van der Waals surface area contributed by atoms with Gasteiger partial charge in [0.2, 0.25) is 0 Å². The van der Waals surface area contributed by atoms with Crippen LogP contribution in [0.3, 0.4) is 0 Å². The first-order valence-electron chi connectivity index (χ1n) is 4.49. The highest BCUT2D eigenvalue weighted by Crippen LogP contribution is 2.08. The second-order valence-corrected chi connectivity index (χ2v) is 3.56. The lowest BCUT2D eigenvalue weighted by Crippen LogP contribution is -3.09. The monoisotopic (exact) mass is 157 g/mol. The van der Waals surface area contributed by atoms with Crippen molar-refractivity contribution in [2.45, 2.75) is 26.3 Å². The molecule has 0 bridgehead atoms. The molecule has 0 amide bonds. The Bertz CT molecular complexity index is 116. The molecule has 0 aromatic heterocycles. The van der Waals surface area contributed by atoms with Crippen LogP contribution in [-0.2, 0) is 4.74 Å². The Balaban J connectivity index is 2.23. The molecule has 2 heteroatoms. The van der Waals surface area contributed by atoms with Crippen molar-refractivity contribution in [3.63, 3.8) is 0 Å². The molecule has 2 nitrogen and oxygen atoms in total. The van der Waals surface area contributed by atoms with Gasteiger partial charge in [0.1, 0.15) is 0 Å². The van der Waals surface area contributed by atoms with E-state index in [-0.39, 0.29) is 0 Å². The zero-order valence-corrected chi connectivity index (χ0v) is 7.60. The molecule has 0 aromatic rings. The third-order valence-corrected chi connectivity index (χ3v) is 2.40. The Morgan fingerprint density at radius 3 is 2.82 bits per heavy atom. The molecule has 1 rings (SSSR count). The average molecular weight is 157 g/mol. The minimum absolute atomic E-state index is 0.643. The molecule has 1 fully saturated rings. The third-order valence-electron chi connectivity index (χ3n) is 2.40. The molecule has 66 valence electrons. The Morgan fingerprint density at radius 2 is 2.36 bits per heavy atom. The fourth-order valence-corrected chi connectivity index (χ4v) is 1.80. The molecule has 0 saturated carbocycles. The van der Waals surface area contributed by atoms with Gasteiger partial charge in [-0.25, -0.2) is 0 Å². The van der Waals surface area contributed by atoms with Crippen LogP contribution >= 0.6 is 0 Å². The van der Waals surface area contributed by atoms with Crippen molar-refractivity contribution in [1.82, 2.24) is 0 Å². The van der Waals surface area contributed by atoms with Gasteiger partial charge in [-0.05, 0) is 6.92 Å². The largest absolute Gasteiger partial charge is 0.463 e. The van der Waals surface area contributed by atoms with Crippen LogP contribution in [-0.4, -0.2) is 25.8 Å². The fourth-order valence-electron chi connectivity index (χ4n) is 1.80. The predicted octanol–water partition coefficient (Wildman–Crippen LogP) is 0.108. The summed E-state index contributed by atoms with van der Waals surface area (Å²) in [5, 5.41) is 0. The van der Waals surface area contributed by atoms with Crippen molar-refractivity contribution in [2.24, 2.45) is 5.92 Å². The van der Waals surface area contributed by atoms with Gasteiger partial charge in [-0.15, -0.1) is 0 Å². The average Bonchev–Trinajstić information content (AvgIpc) is 2.26. The molecule has 1 unspecified atom stereocenters. The summed E-state index contributed by atoms with van der Waals surface area (Å²) < 4.78 is 5.38. The summed E-state index contributed by atoms with van der Waals surface area (Å²) in [5.41, 5.74) is 0. The van der Waals surface area contributed by atoms with E-state index in [9.17, 15) is 0 Å². The molecule has 3 atom stereocenters. The van der Waals surface area contributed by atoms with E-state index in [0.717, 1.165) is 19.1 Å². The zero-order valence-electron chi connectivity index (χ0n) is 7.60. The zero-order chi connectivity index (χ0) is 8.27. The van der Waals surface area contributed by atoms with Crippen LogP contribution in [0.15, 0.2) is 0 Å². The summed E-state index contributed by atoms with van der Waals surface area (Å²) >= 11 is 0. The summed E-state index contributed by atoms with van der Waals surface area (Å²) in [7, 11) is 4.06. The minimum Gasteiger partial charge on any atom is -0.463 e. The van der Waals surface area contributed by atoms with E-state index in [1.165, 1.54) is 17.9 Å². The van der Waals surface area contributed by atoms with Crippen molar-refractivity contribution < 1.29 is 9.64 Å². The Labute approximate surface area is 69.5 Å². The summed E-state index contributed by atoms with van der Waals surface area (Å²) in [6.45, 7) is 7.26. The topological polar surface area (TPSA) is 13.7 Å². The van der Waals surface area contributed by atoms with Crippen molar-refractivity contribution >= 4 is 0 Å². The van der Waals surface area contributed by atoms with E-state index < -0.39 is 0 Å². The van der Waals surface area contributed by atoms with Gasteiger partial charge in [-0.3, -0.25) is 0 Å². The summed E-state index contributed by atoms with van der Waals surface area (Å²) in [6.07, 6.45) is 1.28. The first kappa shape index (κ1) is 9.01. The smallest absolute Gasteiger partial charge is 0.0963 e. The van der Waals surface area contributed by atoms with E-state index in [1.54, 1.807) is 0 Å². The van der Waals surface area contributed by atoms with Crippen LogP contribution < -0.4 is 4.90 Å². The summed E-state index contributed by atoms with van der Waals surface area (Å²) in [4.78, 5) is 1.39. The van der Waals surface area contributed by atoms with Crippen LogP contribution in [0.1, 0.15) is 20.3 Å². The lowest BCUT2D eigenvalue weighted by molar-refractivity contribution is -0.868. The van der Waals surface area contributed by atoms with Gasteiger partial charge in [0.25, 0.3) is 0 Å². The molecule has 1 heterocycles. The molecule has 0 aliphatic carbocycles. The molecule has 0 radical (unpaired) electrons. The van der Waals surface area contributed by atoms with Gasteiger partial charge in [-0.1, -0.05) is 6.92 Å². The van der Waals surface area contributed by atoms with Gasteiger partial charge in [-0.2, -0.15) is 7.05 Å². The lowest BCUT2D eigenvalue weighted by Gasteiger charge is -2.22. The second-order valence-electron chi connectivity index (χ2n) is 3.56. The number of hydrogen-bond donors (Lipinski definition) is 1. The molecule has 1 N–H and O–H groups in total. The van der Waals surface area contributed by atoms with E-state index in [4.69, 9.17) is 4.74 Å². The van der Waals surface area contributed by atoms with Gasteiger partial charge in [0.05, 0.1) is 19.2 Å². The molecule has 0 aromatic carbocycles. The van der Waals surface area contributed by atoms with Gasteiger partial charge >= 0.3 is 0 Å². The maximum atomic E-state index is 5.38. The molecule has 0 spiro atoms. The van der Waals surface area contributed by atoms with Crippen molar-refractivity contribution in [2.75, 3.05) is 19.8 Å². The summed E-state index contributed by atoms with van der Waals surface area (Å²) in [5.74, 6) is 0.827. The fraction of sp³-hybridized carbons (Fsp3) is 0.889. The molecular weight excluding hydrogens is 138 g/mol. The van der Waals surface area contributed by atoms with Crippen LogP contribution in [0.5, 0.6) is 0 Å². The first-order chi connectivity index (χ1) is 5.24. The Kier molecular flexibility index (Phi) is 3.34. The van der Waals surface area contributed by atoms with Crippen molar-refractivity contribution in [3.05, 3.63) is 7.05 Å². The van der Waals surface area contributed by atoms with E-state index >= 15 is 0 Å². The van der Waals surface area contributed by atoms with Crippen molar-refractivity contribution in [1.29, 1.82) is 0 Å². The normalized spacial score (nSPS) is 37.9. The predicted molar refractivity (Wildman–Crippen MR) is 45.2 cm³/mol. The standard InChI is InChI=1S/C9H19NO/c1-4-11-7-9-5-8(2)6-10(9)3/h8-10H,3-7H2,1-2H3/t8-,9-/m0/s1. The van der Waals surface area contributed by atoms with Crippen LogP contribution in [0.25, 0.3) is 0 Å². The number of likely N-dealkylation sites (tertiary alicyclic amines) is 1. The molecule has 1 aliphatic heterocycles. The highest BCUT2D eigenvalue weighted by Gasteiger charge is 2.26. The highest BCUT2D eigenvalue weighted by atomic mass is 16.5. The quantitative estimate of drug-likeness (QED) is 0.574. The van der Waals surface area contributed by atoms with E-state index in [0.29, 0.717) is 6.04 Å². The number of hydrogen-bond acceptors (Lipinski definition) is 1. The first-order valence-corrected chi connectivity index (χ1v) is 4.49. The van der Waals surface area contributed by atoms with E-state index in [1.807, 2.05) is 6.92 Å². The van der Waals surface area contributed by atoms with Crippen LogP contribution in [0, 0.1) is 13.0 Å². The Hall–Kier alpha value is -0.0800. The van der Waals surface area contributed by atoms with Gasteiger partial charge < -0.3 is 9.64 Å².